The molecule has 0 aromatic carbocycles. The molecule has 2 rings (SSSR count). The van der Waals surface area contributed by atoms with Gasteiger partial charge in [-0.2, -0.15) is 0 Å². The van der Waals surface area contributed by atoms with Crippen LogP contribution in [-0.2, 0) is 6.54 Å². The van der Waals surface area contributed by atoms with Gasteiger partial charge in [-0.1, -0.05) is 0 Å². The number of hydrogen-bond donors (Lipinski definition) is 0. The Morgan fingerprint density at radius 1 is 1.41 bits per heavy atom. The molecule has 4 nitrogen and oxygen atoms in total. The van der Waals surface area contributed by atoms with E-state index in [0.29, 0.717) is 6.54 Å². The molecule has 0 spiro atoms. The van der Waals surface area contributed by atoms with Gasteiger partial charge in [-0.25, -0.2) is 4.98 Å². The van der Waals surface area contributed by atoms with Gasteiger partial charge in [0.25, 0.3) is 5.56 Å². The number of thiophene rings is 1. The second-order valence-electron chi connectivity index (χ2n) is 4.49. The lowest BCUT2D eigenvalue weighted by Crippen LogP contribution is -2.28. The van der Waals surface area contributed by atoms with Crippen molar-refractivity contribution >= 4 is 21.6 Å². The maximum absolute atomic E-state index is 12.3. The number of fused-ring (bicyclic) bond motifs is 1. The van der Waals surface area contributed by atoms with Gasteiger partial charge in [0.1, 0.15) is 10.7 Å². The summed E-state index contributed by atoms with van der Waals surface area (Å²) >= 11 is 1.58. The van der Waals surface area contributed by atoms with Crippen LogP contribution in [0, 0.1) is 13.8 Å². The lowest BCUT2D eigenvalue weighted by molar-refractivity contribution is 0.378. The van der Waals surface area contributed by atoms with Gasteiger partial charge in [0.05, 0.1) is 5.39 Å². The third-order valence-electron chi connectivity index (χ3n) is 2.74. The standard InChI is InChI=1S/C12H17N3OS/c1-8-7-10-11(17-8)13-9(2)15(12(10)16)6-5-14(3)4/h7H,5-6H2,1-4H3. The highest BCUT2D eigenvalue weighted by Gasteiger charge is 2.10. The van der Waals surface area contributed by atoms with E-state index in [1.54, 1.807) is 15.9 Å². The predicted molar refractivity (Wildman–Crippen MR) is 71.9 cm³/mol. The molecule has 0 bridgehead atoms. The van der Waals surface area contributed by atoms with Crippen LogP contribution in [0.2, 0.25) is 0 Å². The topological polar surface area (TPSA) is 38.1 Å². The van der Waals surface area contributed by atoms with Gasteiger partial charge < -0.3 is 4.90 Å². The number of rotatable bonds is 3. The van der Waals surface area contributed by atoms with Gasteiger partial charge in [0.2, 0.25) is 0 Å². The Kier molecular flexibility index (Phi) is 3.31. The van der Waals surface area contributed by atoms with E-state index in [4.69, 9.17) is 0 Å². The molecular formula is C12H17N3OS. The average Bonchev–Trinajstić information content (AvgIpc) is 2.58. The van der Waals surface area contributed by atoms with Crippen molar-refractivity contribution in [3.8, 4) is 0 Å². The van der Waals surface area contributed by atoms with Crippen LogP contribution >= 0.6 is 11.3 Å². The first-order valence-electron chi connectivity index (χ1n) is 5.61. The minimum atomic E-state index is 0.0821. The predicted octanol–water partition coefficient (Wildman–Crippen LogP) is 1.64. The molecule has 0 saturated heterocycles. The lowest BCUT2D eigenvalue weighted by Gasteiger charge is -2.13. The van der Waals surface area contributed by atoms with E-state index < -0.39 is 0 Å². The Hall–Kier alpha value is -1.20. The smallest absolute Gasteiger partial charge is 0.262 e. The highest BCUT2D eigenvalue weighted by molar-refractivity contribution is 7.18. The van der Waals surface area contributed by atoms with Gasteiger partial charge in [0, 0.05) is 18.0 Å². The normalized spacial score (nSPS) is 11.6. The molecule has 2 aromatic heterocycles. The van der Waals surface area contributed by atoms with Crippen molar-refractivity contribution in [3.63, 3.8) is 0 Å². The maximum atomic E-state index is 12.3. The van der Waals surface area contributed by atoms with Crippen molar-refractivity contribution in [1.82, 2.24) is 14.5 Å². The summed E-state index contributed by atoms with van der Waals surface area (Å²) in [6.45, 7) is 5.43. The first kappa shape index (κ1) is 12.3. The Labute approximate surface area is 105 Å². The SMILES string of the molecule is Cc1cc2c(=O)n(CCN(C)C)c(C)nc2s1. The highest BCUT2D eigenvalue weighted by Crippen LogP contribution is 2.20. The van der Waals surface area contributed by atoms with Gasteiger partial charge in [0.15, 0.2) is 0 Å². The Balaban J connectivity index is 2.51. The Morgan fingerprint density at radius 3 is 2.76 bits per heavy atom. The third kappa shape index (κ3) is 2.40. The van der Waals surface area contributed by atoms with E-state index in [1.807, 2.05) is 34.0 Å². The summed E-state index contributed by atoms with van der Waals surface area (Å²) in [6, 6.07) is 1.93. The molecule has 92 valence electrons. The maximum Gasteiger partial charge on any atom is 0.262 e. The van der Waals surface area contributed by atoms with Crippen LogP contribution in [0.3, 0.4) is 0 Å². The lowest BCUT2D eigenvalue weighted by atomic mass is 10.3. The summed E-state index contributed by atoms with van der Waals surface area (Å²) in [4.78, 5) is 20.8. The molecule has 0 aliphatic rings. The second kappa shape index (κ2) is 4.58. The van der Waals surface area contributed by atoms with E-state index in [2.05, 4.69) is 9.88 Å². The number of aromatic nitrogens is 2. The van der Waals surface area contributed by atoms with E-state index in [9.17, 15) is 4.79 Å². The number of aryl methyl sites for hydroxylation is 2. The van der Waals surface area contributed by atoms with Crippen LogP contribution in [0.15, 0.2) is 10.9 Å². The van der Waals surface area contributed by atoms with Crippen LogP contribution < -0.4 is 5.56 Å². The Bertz CT molecular complexity index is 598. The summed E-state index contributed by atoms with van der Waals surface area (Å²) in [5.41, 5.74) is 0.0821. The molecule has 2 aromatic rings. The van der Waals surface area contributed by atoms with E-state index in [0.717, 1.165) is 27.5 Å². The highest BCUT2D eigenvalue weighted by atomic mass is 32.1. The number of hydrogen-bond acceptors (Lipinski definition) is 4. The molecular weight excluding hydrogens is 234 g/mol. The van der Waals surface area contributed by atoms with Gasteiger partial charge in [-0.05, 0) is 34.0 Å². The summed E-state index contributed by atoms with van der Waals surface area (Å²) in [5.74, 6) is 0.797. The fourth-order valence-electron chi connectivity index (χ4n) is 1.80. The van der Waals surface area contributed by atoms with E-state index in [-0.39, 0.29) is 5.56 Å². The number of likely N-dealkylation sites (N-methyl/N-ethyl adjacent to an activating group) is 1. The zero-order valence-corrected chi connectivity index (χ0v) is 11.5. The largest absolute Gasteiger partial charge is 0.308 e. The minimum Gasteiger partial charge on any atom is -0.308 e. The van der Waals surface area contributed by atoms with Gasteiger partial charge >= 0.3 is 0 Å². The monoisotopic (exact) mass is 251 g/mol. The van der Waals surface area contributed by atoms with Crippen LogP contribution in [0.5, 0.6) is 0 Å². The summed E-state index contributed by atoms with van der Waals surface area (Å²) < 4.78 is 1.76. The quantitative estimate of drug-likeness (QED) is 0.832. The molecule has 5 heteroatoms. The molecule has 0 aliphatic heterocycles. The fourth-order valence-corrected chi connectivity index (χ4v) is 2.72. The zero-order chi connectivity index (χ0) is 12.6. The third-order valence-corrected chi connectivity index (χ3v) is 3.68. The molecule has 2 heterocycles. The molecule has 0 atom stereocenters. The fraction of sp³-hybridized carbons (Fsp3) is 0.500. The minimum absolute atomic E-state index is 0.0821. The van der Waals surface area contributed by atoms with Crippen molar-refractivity contribution < 1.29 is 0 Å². The van der Waals surface area contributed by atoms with Gasteiger partial charge in [-0.3, -0.25) is 9.36 Å². The van der Waals surface area contributed by atoms with E-state index >= 15 is 0 Å². The molecule has 0 aliphatic carbocycles. The first-order chi connectivity index (χ1) is 7.99. The Morgan fingerprint density at radius 2 is 2.12 bits per heavy atom. The van der Waals surface area contributed by atoms with Crippen LogP contribution in [0.4, 0.5) is 0 Å². The summed E-state index contributed by atoms with van der Waals surface area (Å²) in [6.07, 6.45) is 0. The van der Waals surface area contributed by atoms with Crippen molar-refractivity contribution in [2.45, 2.75) is 20.4 Å². The molecule has 0 N–H and O–H groups in total. The van der Waals surface area contributed by atoms with Crippen LogP contribution in [0.25, 0.3) is 10.2 Å². The molecule has 0 unspecified atom stereocenters. The van der Waals surface area contributed by atoms with Crippen molar-refractivity contribution in [2.75, 3.05) is 20.6 Å². The first-order valence-corrected chi connectivity index (χ1v) is 6.43. The van der Waals surface area contributed by atoms with Gasteiger partial charge in [-0.15, -0.1) is 11.3 Å². The zero-order valence-electron chi connectivity index (χ0n) is 10.6. The van der Waals surface area contributed by atoms with Crippen LogP contribution in [-0.4, -0.2) is 35.1 Å². The van der Waals surface area contributed by atoms with Crippen molar-refractivity contribution in [2.24, 2.45) is 0 Å². The molecule has 0 fully saturated rings. The van der Waals surface area contributed by atoms with Crippen molar-refractivity contribution in [3.05, 3.63) is 27.1 Å². The molecule has 0 radical (unpaired) electrons. The summed E-state index contributed by atoms with van der Waals surface area (Å²) in [7, 11) is 4.00. The molecule has 0 amide bonds. The second-order valence-corrected chi connectivity index (χ2v) is 5.73. The van der Waals surface area contributed by atoms with Crippen LogP contribution in [0.1, 0.15) is 10.7 Å². The summed E-state index contributed by atoms with van der Waals surface area (Å²) in [5, 5.41) is 0.747. The molecule has 17 heavy (non-hydrogen) atoms. The van der Waals surface area contributed by atoms with E-state index in [1.165, 1.54) is 0 Å². The average molecular weight is 251 g/mol. The molecule has 0 saturated carbocycles. The van der Waals surface area contributed by atoms with Crippen molar-refractivity contribution in [1.29, 1.82) is 0 Å². The number of nitrogens with zero attached hydrogens (tertiary/aromatic N) is 3.